The topological polar surface area (TPSA) is 54.7 Å². The maximum atomic E-state index is 5.75. The fourth-order valence-electron chi connectivity index (χ4n) is 1.74. The van der Waals surface area contributed by atoms with Gasteiger partial charge in [0, 0.05) is 11.1 Å². The van der Waals surface area contributed by atoms with Crippen LogP contribution in [0, 0.1) is 0 Å². The first-order chi connectivity index (χ1) is 6.84. The average molecular weight is 183 g/mol. The number of benzene rings is 2. The molecular weight excluding hydrogens is 174 g/mol. The third-order valence-electron chi connectivity index (χ3n) is 2.43. The molecule has 3 N–H and O–H groups in total. The molecule has 3 rings (SSSR count). The molecule has 0 amide bonds. The molecule has 0 aliphatic heterocycles. The van der Waals surface area contributed by atoms with Crippen molar-refractivity contribution in [1.29, 1.82) is 0 Å². The zero-order valence-corrected chi connectivity index (χ0v) is 7.49. The van der Waals surface area contributed by atoms with Crippen LogP contribution >= 0.6 is 0 Å². The molecule has 1 aromatic heterocycles. The summed E-state index contributed by atoms with van der Waals surface area (Å²) >= 11 is 0. The lowest BCUT2D eigenvalue weighted by atomic mass is 10.1. The molecule has 2 aromatic carbocycles. The van der Waals surface area contributed by atoms with Crippen LogP contribution in [0.4, 0.5) is 5.69 Å². The van der Waals surface area contributed by atoms with Crippen LogP contribution < -0.4 is 5.73 Å². The Bertz CT molecular complexity index is 610. The summed E-state index contributed by atoms with van der Waals surface area (Å²) in [5.41, 5.74) is 8.54. The number of anilines is 1. The Morgan fingerprint density at radius 1 is 1.14 bits per heavy atom. The van der Waals surface area contributed by atoms with Crippen molar-refractivity contribution in [2.75, 3.05) is 5.73 Å². The summed E-state index contributed by atoms with van der Waals surface area (Å²) in [5.74, 6) is 0. The lowest BCUT2D eigenvalue weighted by molar-refractivity contribution is 1.35. The highest BCUT2D eigenvalue weighted by Crippen LogP contribution is 2.24. The summed E-state index contributed by atoms with van der Waals surface area (Å²) in [6, 6.07) is 9.97. The molecular formula is C11H9N3. The van der Waals surface area contributed by atoms with Crippen molar-refractivity contribution >= 4 is 27.5 Å². The fraction of sp³-hybridized carbons (Fsp3) is 0. The summed E-state index contributed by atoms with van der Waals surface area (Å²) in [4.78, 5) is 7.36. The molecule has 14 heavy (non-hydrogen) atoms. The molecule has 0 fully saturated rings. The Balaban J connectivity index is 2.60. The van der Waals surface area contributed by atoms with Crippen LogP contribution in [0.15, 0.2) is 36.7 Å². The Labute approximate surface area is 80.6 Å². The number of aromatic nitrogens is 2. The second-order valence-electron chi connectivity index (χ2n) is 3.34. The molecule has 0 bridgehead atoms. The maximum absolute atomic E-state index is 5.75. The normalized spacial score (nSPS) is 11.1. The van der Waals surface area contributed by atoms with Gasteiger partial charge in [0.15, 0.2) is 0 Å². The van der Waals surface area contributed by atoms with Gasteiger partial charge in [-0.05, 0) is 23.6 Å². The van der Waals surface area contributed by atoms with Gasteiger partial charge in [0.2, 0.25) is 0 Å². The number of nitrogens with one attached hydrogen (secondary N) is 1. The first-order valence-electron chi connectivity index (χ1n) is 4.46. The SMILES string of the molecule is Nc1ccc2ccc3[nH]cnc3c2c1. The molecule has 0 saturated carbocycles. The van der Waals surface area contributed by atoms with Crippen molar-refractivity contribution in [2.45, 2.75) is 0 Å². The van der Waals surface area contributed by atoms with Crippen molar-refractivity contribution in [3.05, 3.63) is 36.7 Å². The zero-order valence-electron chi connectivity index (χ0n) is 7.49. The van der Waals surface area contributed by atoms with Gasteiger partial charge in [-0.3, -0.25) is 0 Å². The molecule has 1 heterocycles. The largest absolute Gasteiger partial charge is 0.399 e. The minimum Gasteiger partial charge on any atom is -0.399 e. The summed E-state index contributed by atoms with van der Waals surface area (Å²) < 4.78 is 0. The third-order valence-corrected chi connectivity index (χ3v) is 2.43. The number of imidazole rings is 1. The standard InChI is InChI=1S/C11H9N3/c12-8-3-1-7-2-4-10-11(9(7)5-8)14-6-13-10/h1-6H,12H2,(H,13,14). The molecule has 0 saturated heterocycles. The maximum Gasteiger partial charge on any atom is 0.0961 e. The number of H-pyrrole nitrogens is 1. The highest BCUT2D eigenvalue weighted by Gasteiger charge is 2.01. The van der Waals surface area contributed by atoms with Gasteiger partial charge in [-0.2, -0.15) is 0 Å². The van der Waals surface area contributed by atoms with E-state index < -0.39 is 0 Å². The van der Waals surface area contributed by atoms with Crippen molar-refractivity contribution in [3.8, 4) is 0 Å². The van der Waals surface area contributed by atoms with Gasteiger partial charge in [0.1, 0.15) is 0 Å². The van der Waals surface area contributed by atoms with Crippen molar-refractivity contribution in [2.24, 2.45) is 0 Å². The number of nitrogens with two attached hydrogens (primary N) is 1. The van der Waals surface area contributed by atoms with E-state index in [-0.39, 0.29) is 0 Å². The molecule has 0 radical (unpaired) electrons. The first kappa shape index (κ1) is 7.38. The van der Waals surface area contributed by atoms with E-state index in [1.165, 1.54) is 5.39 Å². The smallest absolute Gasteiger partial charge is 0.0961 e. The van der Waals surface area contributed by atoms with Crippen LogP contribution in [0.2, 0.25) is 0 Å². The van der Waals surface area contributed by atoms with Gasteiger partial charge in [-0.1, -0.05) is 12.1 Å². The minimum atomic E-state index is 0.771. The van der Waals surface area contributed by atoms with Gasteiger partial charge >= 0.3 is 0 Å². The zero-order chi connectivity index (χ0) is 9.54. The van der Waals surface area contributed by atoms with E-state index >= 15 is 0 Å². The van der Waals surface area contributed by atoms with E-state index in [9.17, 15) is 0 Å². The van der Waals surface area contributed by atoms with E-state index in [1.54, 1.807) is 6.33 Å². The predicted molar refractivity (Wildman–Crippen MR) is 58.0 cm³/mol. The molecule has 3 aromatic rings. The Morgan fingerprint density at radius 3 is 2.93 bits per heavy atom. The molecule has 0 atom stereocenters. The first-order valence-corrected chi connectivity index (χ1v) is 4.46. The van der Waals surface area contributed by atoms with E-state index in [1.807, 2.05) is 24.3 Å². The molecule has 0 unspecified atom stereocenters. The summed E-state index contributed by atoms with van der Waals surface area (Å²) in [5, 5.41) is 2.27. The van der Waals surface area contributed by atoms with E-state index in [2.05, 4.69) is 16.0 Å². The number of nitrogens with zero attached hydrogens (tertiary/aromatic N) is 1. The van der Waals surface area contributed by atoms with Crippen LogP contribution in [0.5, 0.6) is 0 Å². The fourth-order valence-corrected chi connectivity index (χ4v) is 1.74. The molecule has 68 valence electrons. The van der Waals surface area contributed by atoms with Crippen LogP contribution in [-0.4, -0.2) is 9.97 Å². The number of hydrogen-bond donors (Lipinski definition) is 2. The van der Waals surface area contributed by atoms with Crippen LogP contribution in [0.1, 0.15) is 0 Å². The lowest BCUT2D eigenvalue weighted by Crippen LogP contribution is -1.84. The predicted octanol–water partition coefficient (Wildman–Crippen LogP) is 2.30. The average Bonchev–Trinajstić information content (AvgIpc) is 2.65. The summed E-state index contributed by atoms with van der Waals surface area (Å²) in [7, 11) is 0. The molecule has 3 nitrogen and oxygen atoms in total. The van der Waals surface area contributed by atoms with Crippen molar-refractivity contribution < 1.29 is 0 Å². The van der Waals surface area contributed by atoms with Crippen molar-refractivity contribution in [3.63, 3.8) is 0 Å². The van der Waals surface area contributed by atoms with Gasteiger partial charge in [0.25, 0.3) is 0 Å². The van der Waals surface area contributed by atoms with E-state index in [4.69, 9.17) is 5.73 Å². The number of fused-ring (bicyclic) bond motifs is 3. The minimum absolute atomic E-state index is 0.771. The summed E-state index contributed by atoms with van der Waals surface area (Å²) in [6.07, 6.45) is 1.70. The van der Waals surface area contributed by atoms with Crippen LogP contribution in [0.25, 0.3) is 21.8 Å². The molecule has 0 spiro atoms. The van der Waals surface area contributed by atoms with Gasteiger partial charge in [0.05, 0.1) is 17.4 Å². The Kier molecular flexibility index (Phi) is 1.31. The number of nitrogen functional groups attached to an aromatic ring is 1. The number of rotatable bonds is 0. The monoisotopic (exact) mass is 183 g/mol. The highest BCUT2D eigenvalue weighted by molar-refractivity contribution is 6.04. The molecule has 0 aliphatic rings. The van der Waals surface area contributed by atoms with E-state index in [0.717, 1.165) is 22.1 Å². The van der Waals surface area contributed by atoms with E-state index in [0.29, 0.717) is 0 Å². The van der Waals surface area contributed by atoms with Gasteiger partial charge in [-0.25, -0.2) is 4.98 Å². The second kappa shape index (κ2) is 2.48. The third kappa shape index (κ3) is 0.893. The van der Waals surface area contributed by atoms with Crippen LogP contribution in [-0.2, 0) is 0 Å². The molecule has 3 heteroatoms. The van der Waals surface area contributed by atoms with Gasteiger partial charge < -0.3 is 10.7 Å². The number of hydrogen-bond acceptors (Lipinski definition) is 2. The number of aromatic amines is 1. The Morgan fingerprint density at radius 2 is 2.00 bits per heavy atom. The van der Waals surface area contributed by atoms with Gasteiger partial charge in [-0.15, -0.1) is 0 Å². The second-order valence-corrected chi connectivity index (χ2v) is 3.34. The summed E-state index contributed by atoms with van der Waals surface area (Å²) in [6.45, 7) is 0. The van der Waals surface area contributed by atoms with Crippen LogP contribution in [0.3, 0.4) is 0 Å². The quantitative estimate of drug-likeness (QED) is 0.525. The highest BCUT2D eigenvalue weighted by atomic mass is 14.9. The van der Waals surface area contributed by atoms with Crippen molar-refractivity contribution in [1.82, 2.24) is 9.97 Å². The Hall–Kier alpha value is -2.03. The lowest BCUT2D eigenvalue weighted by Gasteiger charge is -1.99. The molecule has 0 aliphatic carbocycles.